The Kier molecular flexibility index (Phi) is 4.73. The number of para-hydroxylation sites is 1. The average molecular weight is 459 g/mol. The van der Waals surface area contributed by atoms with E-state index in [-0.39, 0.29) is 23.5 Å². The quantitative estimate of drug-likeness (QED) is 0.344. The van der Waals surface area contributed by atoms with Crippen LogP contribution in [0, 0.1) is 5.82 Å². The summed E-state index contributed by atoms with van der Waals surface area (Å²) in [7, 11) is 0. The van der Waals surface area contributed by atoms with Gasteiger partial charge in [0.2, 0.25) is 0 Å². The first-order valence-electron chi connectivity index (χ1n) is 10.9. The third-order valence-corrected chi connectivity index (χ3v) is 7.43. The predicted molar refractivity (Wildman–Crippen MR) is 128 cm³/mol. The Labute approximate surface area is 191 Å². The number of halogens is 1. The van der Waals surface area contributed by atoms with E-state index < -0.39 is 11.4 Å². The fourth-order valence-corrected chi connectivity index (χ4v) is 5.86. The summed E-state index contributed by atoms with van der Waals surface area (Å²) < 4.78 is 21.5. The van der Waals surface area contributed by atoms with E-state index >= 15 is 0 Å². The van der Waals surface area contributed by atoms with Gasteiger partial charge in [0.15, 0.2) is 5.82 Å². The molecule has 5 aromatic rings. The number of hydrogen-bond acceptors (Lipinski definition) is 5. The summed E-state index contributed by atoms with van der Waals surface area (Å²) in [6.45, 7) is -0.0271. The molecule has 0 radical (unpaired) electrons. The Morgan fingerprint density at radius 3 is 2.70 bits per heavy atom. The van der Waals surface area contributed by atoms with Crippen LogP contribution < -0.4 is 11.2 Å². The van der Waals surface area contributed by atoms with E-state index in [4.69, 9.17) is 9.40 Å². The first kappa shape index (κ1) is 20.1. The molecule has 0 fully saturated rings. The summed E-state index contributed by atoms with van der Waals surface area (Å²) in [4.78, 5) is 33.4. The van der Waals surface area contributed by atoms with E-state index in [0.29, 0.717) is 21.4 Å². The Morgan fingerprint density at radius 1 is 1.03 bits per heavy atom. The summed E-state index contributed by atoms with van der Waals surface area (Å²) in [6.07, 6.45) is 3.88. The molecule has 0 unspecified atom stereocenters. The second kappa shape index (κ2) is 7.78. The van der Waals surface area contributed by atoms with Crippen molar-refractivity contribution in [3.8, 4) is 11.4 Å². The van der Waals surface area contributed by atoms with Gasteiger partial charge in [-0.1, -0.05) is 36.4 Å². The van der Waals surface area contributed by atoms with E-state index in [1.807, 2.05) is 12.1 Å². The number of fused-ring (bicyclic) bond motifs is 4. The maximum Gasteiger partial charge on any atom is 0.347 e. The minimum absolute atomic E-state index is 0.0271. The topological polar surface area (TPSA) is 65.1 Å². The van der Waals surface area contributed by atoms with Crippen LogP contribution in [0.2, 0.25) is 0 Å². The molecule has 3 aromatic heterocycles. The summed E-state index contributed by atoms with van der Waals surface area (Å²) in [5.74, 6) is -0.206. The molecule has 7 heteroatoms. The lowest BCUT2D eigenvalue weighted by molar-refractivity contribution is 0.560. The average Bonchev–Trinajstić information content (AvgIpc) is 3.20. The zero-order valence-electron chi connectivity index (χ0n) is 17.6. The molecule has 6 rings (SSSR count). The van der Waals surface area contributed by atoms with E-state index in [9.17, 15) is 14.0 Å². The van der Waals surface area contributed by atoms with E-state index in [1.54, 1.807) is 36.4 Å². The van der Waals surface area contributed by atoms with Gasteiger partial charge in [-0.15, -0.1) is 11.3 Å². The van der Waals surface area contributed by atoms with Crippen LogP contribution in [-0.2, 0) is 19.4 Å². The van der Waals surface area contributed by atoms with Crippen molar-refractivity contribution in [3.63, 3.8) is 0 Å². The van der Waals surface area contributed by atoms with Crippen molar-refractivity contribution in [2.45, 2.75) is 32.2 Å². The molecule has 0 aliphatic heterocycles. The number of benzene rings is 2. The van der Waals surface area contributed by atoms with Crippen LogP contribution >= 0.6 is 11.3 Å². The molecule has 0 atom stereocenters. The van der Waals surface area contributed by atoms with Gasteiger partial charge in [0.25, 0.3) is 5.56 Å². The van der Waals surface area contributed by atoms with Gasteiger partial charge in [0.1, 0.15) is 21.8 Å². The molecular formula is C26H19FN2O3S. The fraction of sp³-hybridized carbons (Fsp3) is 0.192. The third-order valence-electron chi connectivity index (χ3n) is 6.24. The van der Waals surface area contributed by atoms with Crippen LogP contribution in [0.15, 0.2) is 68.6 Å². The van der Waals surface area contributed by atoms with Crippen molar-refractivity contribution in [1.82, 2.24) is 9.55 Å². The van der Waals surface area contributed by atoms with Crippen molar-refractivity contribution in [2.75, 3.05) is 0 Å². The van der Waals surface area contributed by atoms with E-state index in [2.05, 4.69) is 0 Å². The fourth-order valence-electron chi connectivity index (χ4n) is 4.61. The molecule has 2 aromatic carbocycles. The molecular weight excluding hydrogens is 439 g/mol. The van der Waals surface area contributed by atoms with Crippen molar-refractivity contribution < 1.29 is 8.81 Å². The Bertz CT molecular complexity index is 1660. The lowest BCUT2D eigenvalue weighted by Gasteiger charge is -2.14. The number of rotatable bonds is 3. The number of nitrogens with zero attached hydrogens (tertiary/aromatic N) is 2. The molecule has 164 valence electrons. The molecule has 0 bridgehead atoms. The SMILES string of the molecule is O=c1oc2ccccc2cc1-c1nc2sc3c(c2c(=O)n1Cc1ccccc1F)CCCC3. The molecule has 5 nitrogen and oxygen atoms in total. The number of hydrogen-bond donors (Lipinski definition) is 0. The molecule has 33 heavy (non-hydrogen) atoms. The van der Waals surface area contributed by atoms with Crippen molar-refractivity contribution >= 4 is 32.5 Å². The lowest BCUT2D eigenvalue weighted by atomic mass is 9.97. The maximum absolute atomic E-state index is 14.5. The van der Waals surface area contributed by atoms with Crippen LogP contribution in [-0.4, -0.2) is 9.55 Å². The van der Waals surface area contributed by atoms with Crippen molar-refractivity contribution in [2.24, 2.45) is 0 Å². The molecule has 0 amide bonds. The third kappa shape index (κ3) is 3.31. The highest BCUT2D eigenvalue weighted by Gasteiger charge is 2.24. The zero-order chi connectivity index (χ0) is 22.5. The highest BCUT2D eigenvalue weighted by Crippen LogP contribution is 2.35. The van der Waals surface area contributed by atoms with Gasteiger partial charge in [-0.3, -0.25) is 9.36 Å². The van der Waals surface area contributed by atoms with Gasteiger partial charge in [-0.25, -0.2) is 14.2 Å². The lowest BCUT2D eigenvalue weighted by Crippen LogP contribution is -2.26. The number of aromatic nitrogens is 2. The summed E-state index contributed by atoms with van der Waals surface area (Å²) in [5, 5.41) is 1.32. The van der Waals surface area contributed by atoms with Gasteiger partial charge in [-0.05, 0) is 49.4 Å². The van der Waals surface area contributed by atoms with Gasteiger partial charge in [0.05, 0.1) is 11.9 Å². The molecule has 1 aliphatic rings. The number of aryl methyl sites for hydroxylation is 2. The van der Waals surface area contributed by atoms with Crippen LogP contribution in [0.25, 0.3) is 32.6 Å². The highest BCUT2D eigenvalue weighted by atomic mass is 32.1. The summed E-state index contributed by atoms with van der Waals surface area (Å²) in [5.41, 5.74) is 1.24. The van der Waals surface area contributed by atoms with Crippen LogP contribution in [0.1, 0.15) is 28.8 Å². The first-order chi connectivity index (χ1) is 16.1. The van der Waals surface area contributed by atoms with Gasteiger partial charge in [-0.2, -0.15) is 0 Å². The predicted octanol–water partition coefficient (Wildman–Crippen LogP) is 5.30. The molecule has 1 aliphatic carbocycles. The molecule has 0 spiro atoms. The molecule has 0 saturated carbocycles. The standard InChI is InChI=1S/C26H19FN2O3S/c27-19-10-4-1-8-16(19)14-29-23(18-13-15-7-2-5-11-20(15)32-26(18)31)28-24-22(25(29)30)17-9-3-6-12-21(17)33-24/h1-2,4-5,7-8,10-11,13H,3,6,9,12,14H2. The smallest absolute Gasteiger partial charge is 0.347 e. The normalized spacial score (nSPS) is 13.5. The van der Waals surface area contributed by atoms with Crippen molar-refractivity contribution in [3.05, 3.63) is 97.2 Å². The van der Waals surface area contributed by atoms with E-state index in [1.165, 1.54) is 26.8 Å². The minimum atomic E-state index is -0.580. The molecule has 0 N–H and O–H groups in total. The summed E-state index contributed by atoms with van der Waals surface area (Å²) >= 11 is 1.52. The van der Waals surface area contributed by atoms with E-state index in [0.717, 1.165) is 36.6 Å². The Hall–Kier alpha value is -3.58. The monoisotopic (exact) mass is 458 g/mol. The highest BCUT2D eigenvalue weighted by molar-refractivity contribution is 7.18. The van der Waals surface area contributed by atoms with Gasteiger partial charge in [0, 0.05) is 15.8 Å². The molecule has 0 saturated heterocycles. The second-order valence-corrected chi connectivity index (χ2v) is 9.38. The zero-order valence-corrected chi connectivity index (χ0v) is 18.5. The largest absolute Gasteiger partial charge is 0.422 e. The van der Waals surface area contributed by atoms with Crippen LogP contribution in [0.4, 0.5) is 4.39 Å². The first-order valence-corrected chi connectivity index (χ1v) is 11.7. The van der Waals surface area contributed by atoms with Gasteiger partial charge < -0.3 is 4.42 Å². The maximum atomic E-state index is 14.5. The summed E-state index contributed by atoms with van der Waals surface area (Å²) in [6, 6.07) is 15.2. The second-order valence-electron chi connectivity index (χ2n) is 8.29. The van der Waals surface area contributed by atoms with Crippen LogP contribution in [0.5, 0.6) is 0 Å². The van der Waals surface area contributed by atoms with Gasteiger partial charge >= 0.3 is 5.63 Å². The minimum Gasteiger partial charge on any atom is -0.422 e. The van der Waals surface area contributed by atoms with Crippen molar-refractivity contribution in [1.29, 1.82) is 0 Å². The Balaban J connectivity index is 1.67. The Morgan fingerprint density at radius 2 is 1.82 bits per heavy atom. The number of thiophene rings is 1. The molecule has 3 heterocycles. The van der Waals surface area contributed by atoms with Crippen LogP contribution in [0.3, 0.4) is 0 Å².